The van der Waals surface area contributed by atoms with Crippen LogP contribution >= 0.6 is 0 Å². The molecule has 1 fully saturated rings. The number of aromatic nitrogens is 3. The van der Waals surface area contributed by atoms with Gasteiger partial charge in [-0.1, -0.05) is 29.8 Å². The number of benzene rings is 1. The van der Waals surface area contributed by atoms with Gasteiger partial charge in [-0.05, 0) is 31.7 Å². The average Bonchev–Trinajstić information content (AvgIpc) is 3.08. The molecular formula is C17H22N4O. The number of carbonyl (C=O) groups excluding carboxylic acids is 1. The minimum Gasteiger partial charge on any atom is -0.350 e. The lowest BCUT2D eigenvalue weighted by Gasteiger charge is -2.18. The predicted molar refractivity (Wildman–Crippen MR) is 84.3 cm³/mol. The summed E-state index contributed by atoms with van der Waals surface area (Å²) in [6.07, 6.45) is 5.80. The minimum atomic E-state index is -0.0231. The summed E-state index contributed by atoms with van der Waals surface area (Å²) in [6.45, 7) is 2.10. The second-order valence-corrected chi connectivity index (χ2v) is 6.35. The molecule has 1 amide bonds. The van der Waals surface area contributed by atoms with Crippen molar-refractivity contribution < 1.29 is 4.79 Å². The molecule has 1 aliphatic rings. The fraction of sp³-hybridized carbons (Fsp3) is 0.471. The van der Waals surface area contributed by atoms with Crippen molar-refractivity contribution in [2.45, 2.75) is 44.6 Å². The number of hydrogen-bond acceptors (Lipinski definition) is 3. The molecule has 0 bridgehead atoms. The van der Waals surface area contributed by atoms with Gasteiger partial charge in [0.15, 0.2) is 0 Å². The minimum absolute atomic E-state index is 0.0231. The molecule has 1 N–H and O–H groups in total. The van der Waals surface area contributed by atoms with Gasteiger partial charge in [0.2, 0.25) is 5.91 Å². The Hall–Kier alpha value is -2.17. The molecule has 1 aromatic heterocycles. The number of carbonyl (C=O) groups is 1. The molecule has 0 radical (unpaired) electrons. The highest BCUT2D eigenvalue weighted by molar-refractivity contribution is 5.77. The first-order valence-electron chi connectivity index (χ1n) is 7.76. The van der Waals surface area contributed by atoms with Gasteiger partial charge in [-0.3, -0.25) is 4.79 Å². The first kappa shape index (κ1) is 14.8. The Labute approximate surface area is 130 Å². The van der Waals surface area contributed by atoms with E-state index in [9.17, 15) is 4.79 Å². The second kappa shape index (κ2) is 5.91. The van der Waals surface area contributed by atoms with Gasteiger partial charge in [0.25, 0.3) is 0 Å². The molecule has 0 unspecified atom stereocenters. The van der Waals surface area contributed by atoms with Gasteiger partial charge in [-0.25, -0.2) is 0 Å². The van der Waals surface area contributed by atoms with Crippen LogP contribution in [0.1, 0.15) is 36.2 Å². The fourth-order valence-electron chi connectivity index (χ4n) is 2.83. The van der Waals surface area contributed by atoms with E-state index >= 15 is 0 Å². The Morgan fingerprint density at radius 3 is 2.86 bits per heavy atom. The van der Waals surface area contributed by atoms with Gasteiger partial charge >= 0.3 is 0 Å². The van der Waals surface area contributed by atoms with Crippen molar-refractivity contribution in [3.05, 3.63) is 47.5 Å². The summed E-state index contributed by atoms with van der Waals surface area (Å²) in [7, 11) is 1.90. The van der Waals surface area contributed by atoms with E-state index in [1.807, 2.05) is 11.6 Å². The van der Waals surface area contributed by atoms with E-state index in [4.69, 9.17) is 0 Å². The number of hydrogen-bond donors (Lipinski definition) is 1. The van der Waals surface area contributed by atoms with Crippen molar-refractivity contribution in [1.82, 2.24) is 20.1 Å². The molecule has 1 saturated carbocycles. The Morgan fingerprint density at radius 2 is 2.23 bits per heavy atom. The van der Waals surface area contributed by atoms with Crippen molar-refractivity contribution in [2.75, 3.05) is 0 Å². The fourth-order valence-corrected chi connectivity index (χ4v) is 2.83. The maximum absolute atomic E-state index is 12.2. The molecule has 0 atom stereocenters. The quantitative estimate of drug-likeness (QED) is 0.886. The zero-order valence-corrected chi connectivity index (χ0v) is 13.2. The van der Waals surface area contributed by atoms with Crippen LogP contribution in [-0.4, -0.2) is 26.2 Å². The Morgan fingerprint density at radius 1 is 1.41 bits per heavy atom. The molecule has 22 heavy (non-hydrogen) atoms. The summed E-state index contributed by atoms with van der Waals surface area (Å²) in [5.41, 5.74) is 2.54. The maximum atomic E-state index is 12.2. The molecular weight excluding hydrogens is 276 g/mol. The zero-order chi connectivity index (χ0) is 15.6. The lowest BCUT2D eigenvalue weighted by Crippen LogP contribution is -2.38. The Balaban J connectivity index is 1.53. The summed E-state index contributed by atoms with van der Waals surface area (Å²) < 4.78 is 1.85. The van der Waals surface area contributed by atoms with Crippen LogP contribution < -0.4 is 5.32 Å². The van der Waals surface area contributed by atoms with Gasteiger partial charge in [0.1, 0.15) is 12.2 Å². The number of aryl methyl sites for hydroxylation is 3. The summed E-state index contributed by atoms with van der Waals surface area (Å²) in [5, 5.41) is 11.1. The average molecular weight is 298 g/mol. The largest absolute Gasteiger partial charge is 0.350 e. The standard InChI is InChI=1S/C17H22N4O/c1-13-4-3-5-14(10-13)11-17(8-9-17)19-16(22)7-6-15-20-18-12-21(15)2/h3-5,10,12H,6-9,11H2,1-2H3,(H,19,22). The zero-order valence-electron chi connectivity index (χ0n) is 13.2. The molecule has 0 saturated heterocycles. The first-order chi connectivity index (χ1) is 10.6. The van der Waals surface area contributed by atoms with Crippen LogP contribution in [0.5, 0.6) is 0 Å². The normalized spacial score (nSPS) is 15.5. The van der Waals surface area contributed by atoms with E-state index in [0.717, 1.165) is 25.1 Å². The first-order valence-corrected chi connectivity index (χ1v) is 7.76. The van der Waals surface area contributed by atoms with Gasteiger partial charge < -0.3 is 9.88 Å². The Bertz CT molecular complexity index is 673. The topological polar surface area (TPSA) is 59.8 Å². The molecule has 2 aromatic rings. The van der Waals surface area contributed by atoms with Crippen LogP contribution in [0, 0.1) is 6.92 Å². The monoisotopic (exact) mass is 298 g/mol. The van der Waals surface area contributed by atoms with Crippen molar-refractivity contribution >= 4 is 5.91 Å². The maximum Gasteiger partial charge on any atom is 0.220 e. The van der Waals surface area contributed by atoms with Gasteiger partial charge in [-0.2, -0.15) is 0 Å². The van der Waals surface area contributed by atoms with Gasteiger partial charge in [0, 0.05) is 25.4 Å². The van der Waals surface area contributed by atoms with Crippen LogP contribution in [0.4, 0.5) is 0 Å². The van der Waals surface area contributed by atoms with E-state index in [1.54, 1.807) is 6.33 Å². The summed E-state index contributed by atoms with van der Waals surface area (Å²) in [4.78, 5) is 12.2. The number of nitrogens with zero attached hydrogens (tertiary/aromatic N) is 3. The molecule has 3 rings (SSSR count). The van der Waals surface area contributed by atoms with Crippen LogP contribution in [0.15, 0.2) is 30.6 Å². The molecule has 0 spiro atoms. The third kappa shape index (κ3) is 3.53. The molecule has 0 aliphatic heterocycles. The van der Waals surface area contributed by atoms with Crippen LogP contribution in [-0.2, 0) is 24.7 Å². The molecule has 5 heteroatoms. The number of rotatable bonds is 6. The smallest absolute Gasteiger partial charge is 0.220 e. The highest BCUT2D eigenvalue weighted by atomic mass is 16.1. The summed E-state index contributed by atoms with van der Waals surface area (Å²) in [5.74, 6) is 0.951. The van der Waals surface area contributed by atoms with E-state index < -0.39 is 0 Å². The molecule has 1 aromatic carbocycles. The SMILES string of the molecule is Cc1cccc(CC2(NC(=O)CCc3nncn3C)CC2)c1. The third-order valence-electron chi connectivity index (χ3n) is 4.26. The highest BCUT2D eigenvalue weighted by Crippen LogP contribution is 2.38. The van der Waals surface area contributed by atoms with Crippen molar-refractivity contribution in [3.63, 3.8) is 0 Å². The lowest BCUT2D eigenvalue weighted by molar-refractivity contribution is -0.122. The Kier molecular flexibility index (Phi) is 3.96. The number of amides is 1. The van der Waals surface area contributed by atoms with E-state index in [1.165, 1.54) is 11.1 Å². The van der Waals surface area contributed by atoms with Gasteiger partial charge in [-0.15, -0.1) is 10.2 Å². The van der Waals surface area contributed by atoms with Crippen LogP contribution in [0.3, 0.4) is 0 Å². The van der Waals surface area contributed by atoms with Crippen LogP contribution in [0.2, 0.25) is 0 Å². The van der Waals surface area contributed by atoms with Crippen molar-refractivity contribution in [2.24, 2.45) is 7.05 Å². The molecule has 116 valence electrons. The summed E-state index contributed by atoms with van der Waals surface area (Å²) in [6, 6.07) is 8.52. The summed E-state index contributed by atoms with van der Waals surface area (Å²) >= 11 is 0. The second-order valence-electron chi connectivity index (χ2n) is 6.35. The van der Waals surface area contributed by atoms with E-state index in [-0.39, 0.29) is 11.4 Å². The van der Waals surface area contributed by atoms with Crippen LogP contribution in [0.25, 0.3) is 0 Å². The van der Waals surface area contributed by atoms with Crippen molar-refractivity contribution in [1.29, 1.82) is 0 Å². The highest BCUT2D eigenvalue weighted by Gasteiger charge is 2.43. The number of nitrogens with one attached hydrogen (secondary N) is 1. The predicted octanol–water partition coefficient (Wildman–Crippen LogP) is 1.95. The molecule has 1 heterocycles. The molecule has 5 nitrogen and oxygen atoms in total. The third-order valence-corrected chi connectivity index (χ3v) is 4.26. The van der Waals surface area contributed by atoms with Gasteiger partial charge in [0.05, 0.1) is 0 Å². The lowest BCUT2D eigenvalue weighted by atomic mass is 10.0. The van der Waals surface area contributed by atoms with E-state index in [0.29, 0.717) is 12.8 Å². The molecule has 1 aliphatic carbocycles. The van der Waals surface area contributed by atoms with Crippen molar-refractivity contribution in [3.8, 4) is 0 Å². The van der Waals surface area contributed by atoms with E-state index in [2.05, 4.69) is 46.7 Å².